The van der Waals surface area contributed by atoms with Crippen molar-refractivity contribution >= 4 is 23.9 Å². The van der Waals surface area contributed by atoms with Gasteiger partial charge in [-0.05, 0) is 40.2 Å². The van der Waals surface area contributed by atoms with E-state index in [1.165, 1.54) is 27.9 Å². The number of urea groups is 1. The highest BCUT2D eigenvalue weighted by Crippen LogP contribution is 2.25. The minimum atomic E-state index is -0.870. The number of carbonyl (C=O) groups excluding carboxylic acids is 4. The van der Waals surface area contributed by atoms with Crippen LogP contribution in [0.25, 0.3) is 0 Å². The van der Waals surface area contributed by atoms with E-state index in [-0.39, 0.29) is 19.4 Å². The minimum absolute atomic E-state index is 0.106. The summed E-state index contributed by atoms with van der Waals surface area (Å²) in [5, 5.41) is 2.25. The highest BCUT2D eigenvalue weighted by Gasteiger charge is 2.43. The van der Waals surface area contributed by atoms with Gasteiger partial charge in [-0.3, -0.25) is 19.8 Å². The molecule has 2 unspecified atom stereocenters. The summed E-state index contributed by atoms with van der Waals surface area (Å²) in [6.45, 7) is 5.78. The van der Waals surface area contributed by atoms with Crippen LogP contribution in [0.15, 0.2) is 12.3 Å². The summed E-state index contributed by atoms with van der Waals surface area (Å²) in [6, 6.07) is -2.70. The van der Waals surface area contributed by atoms with Gasteiger partial charge in [0.1, 0.15) is 18.3 Å². The van der Waals surface area contributed by atoms with Crippen molar-refractivity contribution in [3.63, 3.8) is 0 Å². The molecule has 0 bridgehead atoms. The lowest BCUT2D eigenvalue weighted by Crippen LogP contribution is -2.62. The molecule has 29 heavy (non-hydrogen) atoms. The lowest BCUT2D eigenvalue weighted by molar-refractivity contribution is -0.137. The fourth-order valence-corrected chi connectivity index (χ4v) is 3.47. The molecule has 2 heterocycles. The zero-order valence-corrected chi connectivity index (χ0v) is 17.5. The van der Waals surface area contributed by atoms with Crippen molar-refractivity contribution in [2.45, 2.75) is 64.3 Å². The number of carbonyl (C=O) groups is 4. The van der Waals surface area contributed by atoms with E-state index in [1.807, 2.05) is 0 Å². The number of ether oxygens (including phenoxy) is 1. The predicted molar refractivity (Wildman–Crippen MR) is 102 cm³/mol. The van der Waals surface area contributed by atoms with E-state index in [1.54, 1.807) is 33.8 Å². The standard InChI is InChI=1S/C19H29FN4O5/c1-12-13(23(11-9-20)18(28)29-19(2,3)4)8-10-22(5)17(27)24(12)14-6-7-15(25)21-16(14)26/h8,10,12-14H,6-7,9,11H2,1-5H3,(H,21,25,26)/t12-,13?,14?/m0/s1. The Balaban J connectivity index is 2.38. The molecule has 3 atom stereocenters. The summed E-state index contributed by atoms with van der Waals surface area (Å²) >= 11 is 0. The smallest absolute Gasteiger partial charge is 0.410 e. The van der Waals surface area contributed by atoms with E-state index in [0.29, 0.717) is 0 Å². The van der Waals surface area contributed by atoms with Crippen LogP contribution >= 0.6 is 0 Å². The Labute approximate surface area is 169 Å². The van der Waals surface area contributed by atoms with E-state index in [9.17, 15) is 23.6 Å². The van der Waals surface area contributed by atoms with Gasteiger partial charge < -0.3 is 14.5 Å². The van der Waals surface area contributed by atoms with Gasteiger partial charge in [0, 0.05) is 19.7 Å². The van der Waals surface area contributed by atoms with Crippen LogP contribution in [0.2, 0.25) is 0 Å². The van der Waals surface area contributed by atoms with Crippen LogP contribution in [-0.4, -0.2) is 82.6 Å². The quantitative estimate of drug-likeness (QED) is 0.708. The maximum atomic E-state index is 13.3. The van der Waals surface area contributed by atoms with Crippen LogP contribution in [0.1, 0.15) is 40.5 Å². The molecule has 9 nitrogen and oxygen atoms in total. The second-order valence-electron chi connectivity index (χ2n) is 8.20. The van der Waals surface area contributed by atoms with Crippen molar-refractivity contribution in [1.29, 1.82) is 0 Å². The van der Waals surface area contributed by atoms with Crippen LogP contribution in [0.4, 0.5) is 14.0 Å². The van der Waals surface area contributed by atoms with Gasteiger partial charge in [0.25, 0.3) is 0 Å². The first-order valence-electron chi connectivity index (χ1n) is 9.59. The number of hydrogen-bond donors (Lipinski definition) is 1. The maximum absolute atomic E-state index is 13.3. The SMILES string of the molecule is C[C@H]1C(N(CCF)C(=O)OC(C)(C)C)C=CN(C)C(=O)N1C1CCC(=O)NC1=O. The molecular weight excluding hydrogens is 383 g/mol. The summed E-state index contributed by atoms with van der Waals surface area (Å²) in [4.78, 5) is 53.4. The molecular formula is C19H29FN4O5. The van der Waals surface area contributed by atoms with E-state index < -0.39 is 54.3 Å². The number of imide groups is 1. The normalized spacial score (nSPS) is 25.6. The number of rotatable bonds is 4. The van der Waals surface area contributed by atoms with Crippen LogP contribution in [0, 0.1) is 0 Å². The van der Waals surface area contributed by atoms with Crippen LogP contribution in [0.3, 0.4) is 0 Å². The van der Waals surface area contributed by atoms with Gasteiger partial charge >= 0.3 is 12.1 Å². The van der Waals surface area contributed by atoms with E-state index in [0.717, 1.165) is 0 Å². The Hall–Kier alpha value is -2.65. The third-order valence-corrected chi connectivity index (χ3v) is 4.82. The molecule has 0 aliphatic carbocycles. The third kappa shape index (κ3) is 5.24. The molecule has 1 saturated heterocycles. The maximum Gasteiger partial charge on any atom is 0.410 e. The Kier molecular flexibility index (Phi) is 6.86. The topological polar surface area (TPSA) is 99.3 Å². The number of halogens is 1. The number of nitrogens with one attached hydrogen (secondary N) is 1. The first-order chi connectivity index (χ1) is 13.5. The number of alkyl halides is 1. The molecule has 2 aliphatic rings. The molecule has 0 aromatic heterocycles. The van der Waals surface area contributed by atoms with Crippen molar-refractivity contribution in [2.24, 2.45) is 0 Å². The van der Waals surface area contributed by atoms with Gasteiger partial charge in [0.2, 0.25) is 11.8 Å². The Morgan fingerprint density at radius 1 is 1.34 bits per heavy atom. The van der Waals surface area contributed by atoms with Gasteiger partial charge in [-0.2, -0.15) is 0 Å². The summed E-state index contributed by atoms with van der Waals surface area (Å²) in [5.41, 5.74) is -0.779. The van der Waals surface area contributed by atoms with E-state index in [4.69, 9.17) is 4.74 Å². The molecule has 10 heteroatoms. The molecule has 162 valence electrons. The zero-order chi connectivity index (χ0) is 21.9. The van der Waals surface area contributed by atoms with E-state index in [2.05, 4.69) is 5.32 Å². The fraction of sp³-hybridized carbons (Fsp3) is 0.684. The summed E-state index contributed by atoms with van der Waals surface area (Å²) in [5.74, 6) is -0.957. The second kappa shape index (κ2) is 8.79. The average Bonchev–Trinajstić information content (AvgIpc) is 2.70. The summed E-state index contributed by atoms with van der Waals surface area (Å²) in [6.07, 6.45) is 2.68. The lowest BCUT2D eigenvalue weighted by atomic mass is 9.99. The number of nitrogens with zero attached hydrogens (tertiary/aromatic N) is 3. The van der Waals surface area contributed by atoms with Crippen molar-refractivity contribution in [3.05, 3.63) is 12.3 Å². The molecule has 2 aliphatic heterocycles. The first-order valence-corrected chi connectivity index (χ1v) is 9.59. The monoisotopic (exact) mass is 412 g/mol. The molecule has 5 amide bonds. The van der Waals surface area contributed by atoms with Gasteiger partial charge in [0.15, 0.2) is 0 Å². The van der Waals surface area contributed by atoms with Crippen molar-refractivity contribution in [2.75, 3.05) is 20.3 Å². The number of piperidine rings is 1. The van der Waals surface area contributed by atoms with E-state index >= 15 is 0 Å². The van der Waals surface area contributed by atoms with Gasteiger partial charge in [-0.25, -0.2) is 14.0 Å². The number of amides is 5. The fourth-order valence-electron chi connectivity index (χ4n) is 3.47. The van der Waals surface area contributed by atoms with Gasteiger partial charge in [0.05, 0.1) is 18.6 Å². The van der Waals surface area contributed by atoms with Crippen LogP contribution in [0.5, 0.6) is 0 Å². The van der Waals surface area contributed by atoms with Crippen LogP contribution in [-0.2, 0) is 14.3 Å². The molecule has 0 saturated carbocycles. The average molecular weight is 412 g/mol. The van der Waals surface area contributed by atoms with Crippen molar-refractivity contribution < 1.29 is 28.3 Å². The Bertz CT molecular complexity index is 705. The summed E-state index contributed by atoms with van der Waals surface area (Å²) < 4.78 is 18.7. The molecule has 0 aromatic carbocycles. The molecule has 0 aromatic rings. The third-order valence-electron chi connectivity index (χ3n) is 4.82. The number of hydrogen-bond acceptors (Lipinski definition) is 5. The predicted octanol–water partition coefficient (Wildman–Crippen LogP) is 1.64. The highest BCUT2D eigenvalue weighted by molar-refractivity contribution is 6.01. The zero-order valence-electron chi connectivity index (χ0n) is 17.5. The van der Waals surface area contributed by atoms with Gasteiger partial charge in [-0.1, -0.05) is 0 Å². The Morgan fingerprint density at radius 2 is 2.00 bits per heavy atom. The van der Waals surface area contributed by atoms with Crippen molar-refractivity contribution in [3.8, 4) is 0 Å². The molecule has 2 rings (SSSR count). The minimum Gasteiger partial charge on any atom is -0.444 e. The lowest BCUT2D eigenvalue weighted by Gasteiger charge is -2.42. The van der Waals surface area contributed by atoms with Crippen molar-refractivity contribution in [1.82, 2.24) is 20.0 Å². The first kappa shape index (κ1) is 22.6. The van der Waals surface area contributed by atoms with Gasteiger partial charge in [-0.15, -0.1) is 0 Å². The Morgan fingerprint density at radius 3 is 2.55 bits per heavy atom. The molecule has 0 spiro atoms. The summed E-state index contributed by atoms with van der Waals surface area (Å²) in [7, 11) is 1.53. The highest BCUT2D eigenvalue weighted by atomic mass is 19.1. The molecule has 1 fully saturated rings. The largest absolute Gasteiger partial charge is 0.444 e. The second-order valence-corrected chi connectivity index (χ2v) is 8.20. The molecule has 0 radical (unpaired) electrons. The van der Waals surface area contributed by atoms with Crippen LogP contribution < -0.4 is 5.32 Å². The molecule has 1 N–H and O–H groups in total.